The normalized spacial score (nSPS) is 13.6. The van der Waals surface area contributed by atoms with E-state index < -0.39 is 5.97 Å². The molecule has 64 valence electrons. The number of nitrogens with two attached hydrogens (primary N) is 2. The van der Waals surface area contributed by atoms with Crippen LogP contribution in [-0.2, 0) is 4.79 Å². The highest BCUT2D eigenvalue weighted by Crippen LogP contribution is 1.91. The van der Waals surface area contributed by atoms with Gasteiger partial charge in [0, 0.05) is 6.04 Å². The number of aliphatic carboxylic acids is 1. The number of carboxylic acids is 1. The first-order chi connectivity index (χ1) is 5.16. The minimum absolute atomic E-state index is 0.0267. The van der Waals surface area contributed by atoms with Crippen molar-refractivity contribution in [2.45, 2.75) is 18.9 Å². The summed E-state index contributed by atoms with van der Waals surface area (Å²) in [6.07, 6.45) is 4.18. The summed E-state index contributed by atoms with van der Waals surface area (Å²) in [5.74, 6) is -0.880. The maximum absolute atomic E-state index is 10.1. The first kappa shape index (κ1) is 10.1. The van der Waals surface area contributed by atoms with Crippen LogP contribution in [0.5, 0.6) is 0 Å². The third-order valence-electron chi connectivity index (χ3n) is 1.13. The second-order valence-electron chi connectivity index (χ2n) is 2.27. The molecule has 0 aliphatic carbocycles. The maximum Gasteiger partial charge on any atom is 0.305 e. The average Bonchev–Trinajstić information content (AvgIpc) is 1.86. The molecule has 1 unspecified atom stereocenters. The molecule has 0 radical (unpaired) electrons. The van der Waals surface area contributed by atoms with Crippen molar-refractivity contribution in [2.75, 3.05) is 6.54 Å². The molecule has 0 aromatic heterocycles. The summed E-state index contributed by atoms with van der Waals surface area (Å²) in [7, 11) is 0. The van der Waals surface area contributed by atoms with E-state index in [1.807, 2.05) is 0 Å². The highest BCUT2D eigenvalue weighted by atomic mass is 16.4. The number of hydrogen-bond donors (Lipinski definition) is 3. The molecule has 0 spiro atoms. The molecule has 0 aromatic carbocycles. The van der Waals surface area contributed by atoms with Crippen molar-refractivity contribution in [3.05, 3.63) is 12.2 Å². The molecule has 0 aromatic rings. The van der Waals surface area contributed by atoms with Gasteiger partial charge in [0.1, 0.15) is 0 Å². The molecule has 0 bridgehead atoms. The smallest absolute Gasteiger partial charge is 0.305 e. The third-order valence-corrected chi connectivity index (χ3v) is 1.13. The van der Waals surface area contributed by atoms with E-state index >= 15 is 0 Å². The molecule has 1 atom stereocenters. The van der Waals surface area contributed by atoms with Crippen molar-refractivity contribution in [3.63, 3.8) is 0 Å². The third kappa shape index (κ3) is 7.02. The molecule has 5 N–H and O–H groups in total. The topological polar surface area (TPSA) is 89.3 Å². The Morgan fingerprint density at radius 3 is 2.73 bits per heavy atom. The molecule has 0 saturated heterocycles. The van der Waals surface area contributed by atoms with Gasteiger partial charge in [0.15, 0.2) is 0 Å². The molecule has 4 nitrogen and oxygen atoms in total. The fourth-order valence-electron chi connectivity index (χ4n) is 0.637. The van der Waals surface area contributed by atoms with Crippen LogP contribution in [0.4, 0.5) is 0 Å². The Labute approximate surface area is 65.9 Å². The molecule has 0 heterocycles. The van der Waals surface area contributed by atoms with Crippen LogP contribution in [0.1, 0.15) is 12.8 Å². The zero-order chi connectivity index (χ0) is 8.69. The Hall–Kier alpha value is -0.870. The van der Waals surface area contributed by atoms with Crippen LogP contribution in [0.3, 0.4) is 0 Å². The molecule has 4 heteroatoms. The van der Waals surface area contributed by atoms with E-state index in [0.717, 1.165) is 6.42 Å². The Morgan fingerprint density at radius 1 is 1.64 bits per heavy atom. The lowest BCUT2D eigenvalue weighted by Crippen LogP contribution is -2.20. The Balaban J connectivity index is 3.50. The van der Waals surface area contributed by atoms with E-state index in [1.54, 1.807) is 12.2 Å². The summed E-state index contributed by atoms with van der Waals surface area (Å²) in [5, 5.41) is 8.30. The summed E-state index contributed by atoms with van der Waals surface area (Å²) in [6, 6.07) is -0.390. The van der Waals surface area contributed by atoms with Crippen molar-refractivity contribution in [1.82, 2.24) is 0 Å². The van der Waals surface area contributed by atoms with E-state index in [2.05, 4.69) is 0 Å². The van der Waals surface area contributed by atoms with Crippen LogP contribution in [0.2, 0.25) is 0 Å². The summed E-state index contributed by atoms with van der Waals surface area (Å²) in [6.45, 7) is 0.566. The van der Waals surface area contributed by atoms with Gasteiger partial charge in [0.05, 0.1) is 6.42 Å². The number of carboxylic acid groups (broad SMARTS) is 1. The van der Waals surface area contributed by atoms with Crippen molar-refractivity contribution in [2.24, 2.45) is 11.5 Å². The lowest BCUT2D eigenvalue weighted by Gasteiger charge is -2.00. The average molecular weight is 158 g/mol. The Bertz CT molecular complexity index is 145. The predicted octanol–water partition coefficient (Wildman–Crippen LogP) is -0.307. The molecule has 0 fully saturated rings. The maximum atomic E-state index is 10.1. The van der Waals surface area contributed by atoms with E-state index in [1.165, 1.54) is 0 Å². The molecule has 0 rings (SSSR count). The molecular weight excluding hydrogens is 144 g/mol. The van der Waals surface area contributed by atoms with Crippen LogP contribution in [0, 0.1) is 0 Å². The largest absolute Gasteiger partial charge is 0.481 e. The van der Waals surface area contributed by atoms with Gasteiger partial charge in [-0.2, -0.15) is 0 Å². The summed E-state index contributed by atoms with van der Waals surface area (Å²) < 4.78 is 0. The van der Waals surface area contributed by atoms with Crippen molar-refractivity contribution in [3.8, 4) is 0 Å². The van der Waals surface area contributed by atoms with E-state index in [4.69, 9.17) is 16.6 Å². The Kier molecular flexibility index (Phi) is 5.42. The van der Waals surface area contributed by atoms with Crippen molar-refractivity contribution in [1.29, 1.82) is 0 Å². The summed E-state index contributed by atoms with van der Waals surface area (Å²) in [4.78, 5) is 10.1. The zero-order valence-corrected chi connectivity index (χ0v) is 6.36. The van der Waals surface area contributed by atoms with Crippen LogP contribution in [0.15, 0.2) is 12.2 Å². The Morgan fingerprint density at radius 2 is 2.27 bits per heavy atom. The standard InChI is InChI=1S/C7H14N2O2/c8-4-2-1-3-6(9)5-7(10)11/h1,3,6H,2,4-5,8-9H2,(H,10,11). The fourth-order valence-corrected chi connectivity index (χ4v) is 0.637. The number of carbonyl (C=O) groups is 1. The minimum Gasteiger partial charge on any atom is -0.481 e. The van der Waals surface area contributed by atoms with Gasteiger partial charge in [0.25, 0.3) is 0 Å². The quantitative estimate of drug-likeness (QED) is 0.479. The molecule has 0 saturated carbocycles. The van der Waals surface area contributed by atoms with Crippen molar-refractivity contribution < 1.29 is 9.90 Å². The molecule has 0 aliphatic heterocycles. The number of rotatable bonds is 5. The van der Waals surface area contributed by atoms with Gasteiger partial charge < -0.3 is 16.6 Å². The summed E-state index contributed by atoms with van der Waals surface area (Å²) >= 11 is 0. The first-order valence-electron chi connectivity index (χ1n) is 3.51. The van der Waals surface area contributed by atoms with Crippen LogP contribution in [0.25, 0.3) is 0 Å². The highest BCUT2D eigenvalue weighted by Gasteiger charge is 2.02. The monoisotopic (exact) mass is 158 g/mol. The van der Waals surface area contributed by atoms with Gasteiger partial charge >= 0.3 is 5.97 Å². The predicted molar refractivity (Wildman–Crippen MR) is 43.0 cm³/mol. The van der Waals surface area contributed by atoms with E-state index in [0.29, 0.717) is 6.54 Å². The second kappa shape index (κ2) is 5.88. The van der Waals surface area contributed by atoms with Crippen molar-refractivity contribution >= 4 is 5.97 Å². The van der Waals surface area contributed by atoms with Gasteiger partial charge in [-0.15, -0.1) is 0 Å². The molecule has 0 amide bonds. The van der Waals surface area contributed by atoms with Gasteiger partial charge in [0.2, 0.25) is 0 Å². The summed E-state index contributed by atoms with van der Waals surface area (Å²) in [5.41, 5.74) is 10.6. The van der Waals surface area contributed by atoms with Crippen LogP contribution < -0.4 is 11.5 Å². The molecule has 0 aliphatic rings. The minimum atomic E-state index is -0.880. The van der Waals surface area contributed by atoms with E-state index in [9.17, 15) is 4.79 Å². The number of hydrogen-bond acceptors (Lipinski definition) is 3. The second-order valence-corrected chi connectivity index (χ2v) is 2.27. The molecular formula is C7H14N2O2. The van der Waals surface area contributed by atoms with Crippen LogP contribution >= 0.6 is 0 Å². The molecule has 11 heavy (non-hydrogen) atoms. The van der Waals surface area contributed by atoms with Gasteiger partial charge in [-0.05, 0) is 13.0 Å². The first-order valence-corrected chi connectivity index (χ1v) is 3.51. The van der Waals surface area contributed by atoms with Crippen LogP contribution in [-0.4, -0.2) is 23.7 Å². The van der Waals surface area contributed by atoms with Gasteiger partial charge in [-0.1, -0.05) is 12.2 Å². The van der Waals surface area contributed by atoms with Gasteiger partial charge in [-0.3, -0.25) is 4.79 Å². The lowest BCUT2D eigenvalue weighted by atomic mass is 10.2. The highest BCUT2D eigenvalue weighted by molar-refractivity contribution is 5.67. The fraction of sp³-hybridized carbons (Fsp3) is 0.571. The van der Waals surface area contributed by atoms with E-state index in [-0.39, 0.29) is 12.5 Å². The zero-order valence-electron chi connectivity index (χ0n) is 6.36. The SMILES string of the molecule is NCCC=CC(N)CC(=O)O. The lowest BCUT2D eigenvalue weighted by molar-refractivity contribution is -0.137. The van der Waals surface area contributed by atoms with Gasteiger partial charge in [-0.25, -0.2) is 0 Å².